The highest BCUT2D eigenvalue weighted by molar-refractivity contribution is 7.18. The molecule has 0 radical (unpaired) electrons. The highest BCUT2D eigenvalue weighted by Gasteiger charge is 2.50. The van der Waals surface area contributed by atoms with Crippen molar-refractivity contribution in [3.63, 3.8) is 0 Å². The van der Waals surface area contributed by atoms with Gasteiger partial charge >= 0.3 is 6.09 Å². The summed E-state index contributed by atoms with van der Waals surface area (Å²) in [6.07, 6.45) is -9.08. The Bertz CT molecular complexity index is 3310. The third-order valence-electron chi connectivity index (χ3n) is 15.9. The number of aliphatic hydroxyl groups excluding tert-OH is 6. The van der Waals surface area contributed by atoms with Gasteiger partial charge in [0.05, 0.1) is 61.1 Å². The van der Waals surface area contributed by atoms with Crippen LogP contribution in [0.25, 0.3) is 21.0 Å². The zero-order valence-corrected chi connectivity index (χ0v) is 54.0. The quantitative estimate of drug-likeness (QED) is 0.0483. The summed E-state index contributed by atoms with van der Waals surface area (Å²) in [7, 11) is 0. The first-order valence-electron chi connectivity index (χ1n) is 31.2. The number of carbonyl (C=O) groups is 9. The minimum absolute atomic E-state index is 0.0359. The number of phenolic OH excluding ortho intramolecular Hbond substituents is 1. The molecule has 3 aliphatic heterocycles. The number of aromatic nitrogens is 1. The minimum Gasteiger partial charge on any atom is -0.504 e. The molecular weight excluding hydrogens is 1240 g/mol. The monoisotopic (exact) mass is 1330 g/mol. The minimum atomic E-state index is -2.21. The molecular formula is C64H86N10O19S. The number of ether oxygens (including phenoxy) is 3. The van der Waals surface area contributed by atoms with E-state index >= 15 is 0 Å². The number of benzene rings is 3. The van der Waals surface area contributed by atoms with Crippen LogP contribution < -0.4 is 47.1 Å². The summed E-state index contributed by atoms with van der Waals surface area (Å²) in [6.45, 7) is 8.82. The number of primary amides is 1. The number of aliphatic hydroxyl groups is 6. The Balaban J connectivity index is 1.17. The molecule has 15 N–H and O–H groups in total. The standard InChI is InChI=1S/C64H86N10O19S/c1-7-8-9-22-91-41-18-16-38(17-19-41)60-68-30-48(94-60)36-12-14-37(15-13-36)55(83)69-42-26-39(76)29-67-59(87)53-54(82)33(2)31-74(53)62(89)52(46(80)28-49(65)81)72-58(86)51(71-57(85)43-27-40(77)32-73(43)61(88)50(34(3)75)70-56(42)84)45(79)24-35-11-20-44(78)47(25-35)92-23-10-21-66-63(90)93-64(4,5)6/h11-20,25,30,33-34,39-40,42-43,45-46,50-54,75-80,82H,7-10,21-24,26-29,31-32H2,1-6H3,(H2,65,81)(H,66,90)(H,67,87)(H,69,83)(H,70,84)(H,71,85)(H,72,86)/t33-,34+,39+,40+,42-,43-,45+,46+,50-,51-,52-,53-,54-/m0/s1. The number of rotatable bonds is 21. The van der Waals surface area contributed by atoms with Crippen molar-refractivity contribution < 1.29 is 93.1 Å². The Hall–Kier alpha value is -8.52. The highest BCUT2D eigenvalue weighted by atomic mass is 32.1. The zero-order valence-electron chi connectivity index (χ0n) is 53.2. The number of alkyl carbamates (subject to hydrolysis) is 1. The summed E-state index contributed by atoms with van der Waals surface area (Å²) < 4.78 is 16.8. The van der Waals surface area contributed by atoms with Gasteiger partial charge in [-0.05, 0) is 100 Å². The fraction of sp³-hybridized carbons (Fsp3) is 0.531. The number of phenols is 1. The van der Waals surface area contributed by atoms with Crippen LogP contribution in [-0.4, -0.2) is 222 Å². The number of nitrogens with two attached hydrogens (primary N) is 1. The first-order valence-corrected chi connectivity index (χ1v) is 32.0. The fourth-order valence-corrected chi connectivity index (χ4v) is 11.9. The molecule has 3 aliphatic rings. The van der Waals surface area contributed by atoms with Gasteiger partial charge in [0.15, 0.2) is 11.5 Å². The summed E-state index contributed by atoms with van der Waals surface area (Å²) in [6, 6.07) is 6.10. The average Bonchev–Trinajstić information content (AvgIpc) is 1.62. The molecule has 0 bridgehead atoms. The second-order valence-electron chi connectivity index (χ2n) is 24.8. The molecule has 0 spiro atoms. The summed E-state index contributed by atoms with van der Waals surface area (Å²) in [4.78, 5) is 133. The number of thiazole rings is 1. The van der Waals surface area contributed by atoms with E-state index in [0.29, 0.717) is 12.2 Å². The predicted molar refractivity (Wildman–Crippen MR) is 339 cm³/mol. The summed E-state index contributed by atoms with van der Waals surface area (Å²) in [5.41, 5.74) is 6.47. The number of β-amino-alcohol motifs (C(OH)–C–C–N with tert-alkyl or cyclic N) is 1. The number of nitrogens with one attached hydrogen (secondary N) is 6. The van der Waals surface area contributed by atoms with E-state index < -0.39 is 183 Å². The molecule has 94 heavy (non-hydrogen) atoms. The third kappa shape index (κ3) is 19.8. The van der Waals surface area contributed by atoms with Gasteiger partial charge in [-0.2, -0.15) is 0 Å². The van der Waals surface area contributed by atoms with E-state index in [1.165, 1.54) is 48.6 Å². The summed E-state index contributed by atoms with van der Waals surface area (Å²) >= 11 is 1.40. The first-order chi connectivity index (χ1) is 44.5. The van der Waals surface area contributed by atoms with E-state index in [1.54, 1.807) is 39.1 Å². The second-order valence-corrected chi connectivity index (χ2v) is 25.8. The highest BCUT2D eigenvalue weighted by Crippen LogP contribution is 2.34. The molecule has 3 aromatic carbocycles. The Morgan fingerprint density at radius 3 is 2.10 bits per heavy atom. The van der Waals surface area contributed by atoms with Crippen LogP contribution in [0.15, 0.2) is 72.9 Å². The van der Waals surface area contributed by atoms with Gasteiger partial charge < -0.3 is 97.4 Å². The molecule has 3 fully saturated rings. The van der Waals surface area contributed by atoms with Crippen LogP contribution in [0.4, 0.5) is 4.79 Å². The van der Waals surface area contributed by atoms with Gasteiger partial charge in [-0.3, -0.25) is 38.4 Å². The van der Waals surface area contributed by atoms with Gasteiger partial charge in [0.25, 0.3) is 5.91 Å². The number of fused-ring (bicyclic) bond motifs is 2. The van der Waals surface area contributed by atoms with Crippen molar-refractivity contribution in [1.29, 1.82) is 0 Å². The lowest BCUT2D eigenvalue weighted by Crippen LogP contribution is -2.64. The number of hydrogen-bond donors (Lipinski definition) is 14. The molecule has 0 aliphatic carbocycles. The van der Waals surface area contributed by atoms with E-state index in [-0.39, 0.29) is 42.2 Å². The largest absolute Gasteiger partial charge is 0.504 e. The molecule has 30 heteroatoms. The van der Waals surface area contributed by atoms with Crippen molar-refractivity contribution in [2.45, 2.75) is 171 Å². The van der Waals surface area contributed by atoms with E-state index in [4.69, 9.17) is 19.9 Å². The lowest BCUT2D eigenvalue weighted by molar-refractivity contribution is -0.147. The van der Waals surface area contributed by atoms with Crippen molar-refractivity contribution in [2.75, 3.05) is 39.4 Å². The van der Waals surface area contributed by atoms with Crippen molar-refractivity contribution in [3.8, 4) is 38.3 Å². The smallest absolute Gasteiger partial charge is 0.407 e. The summed E-state index contributed by atoms with van der Waals surface area (Å²) in [5.74, 6) is -9.83. The van der Waals surface area contributed by atoms with Gasteiger partial charge in [0.1, 0.15) is 52.6 Å². The van der Waals surface area contributed by atoms with Crippen molar-refractivity contribution >= 4 is 64.7 Å². The van der Waals surface area contributed by atoms with Crippen LogP contribution in [0.3, 0.4) is 0 Å². The normalized spacial score (nSPS) is 24.4. The van der Waals surface area contributed by atoms with Gasteiger partial charge in [-0.15, -0.1) is 11.3 Å². The average molecular weight is 1330 g/mol. The molecule has 0 unspecified atom stereocenters. The number of unbranched alkanes of at least 4 members (excludes halogenated alkanes) is 2. The van der Waals surface area contributed by atoms with Crippen LogP contribution in [0.5, 0.6) is 17.2 Å². The maximum absolute atomic E-state index is 14.8. The maximum atomic E-state index is 14.8. The van der Waals surface area contributed by atoms with Crippen LogP contribution in [0.1, 0.15) is 102 Å². The molecule has 0 saturated carbocycles. The summed E-state index contributed by atoms with van der Waals surface area (Å²) in [5, 5.41) is 94.9. The van der Waals surface area contributed by atoms with Gasteiger partial charge in [-0.25, -0.2) is 9.78 Å². The van der Waals surface area contributed by atoms with Crippen LogP contribution in [0, 0.1) is 5.92 Å². The van der Waals surface area contributed by atoms with E-state index in [1.807, 2.05) is 24.3 Å². The Labute approximate surface area is 547 Å². The van der Waals surface area contributed by atoms with Gasteiger partial charge in [-0.1, -0.05) is 44.9 Å². The van der Waals surface area contributed by atoms with E-state index in [0.717, 1.165) is 57.2 Å². The molecule has 7 rings (SSSR count). The fourth-order valence-electron chi connectivity index (χ4n) is 11.0. The molecule has 9 amide bonds. The first kappa shape index (κ1) is 72.9. The number of aromatic hydroxyl groups is 1. The van der Waals surface area contributed by atoms with Crippen LogP contribution >= 0.6 is 11.3 Å². The lowest BCUT2D eigenvalue weighted by atomic mass is 9.98. The Kier molecular flexibility index (Phi) is 25.6. The predicted octanol–water partition coefficient (Wildman–Crippen LogP) is -0.131. The van der Waals surface area contributed by atoms with Crippen molar-refractivity contribution in [1.82, 2.24) is 46.7 Å². The zero-order chi connectivity index (χ0) is 68.7. The van der Waals surface area contributed by atoms with Crippen LogP contribution in [-0.2, 0) is 44.7 Å². The SMILES string of the molecule is CCCCCOc1ccc(-c2ncc(-c3ccc(C(=O)N[C@H]4C[C@@H](O)CNC(=O)[C@@H]5[C@@H](O)[C@@H](C)CN5C(=O)[C@H]([C@H](O)CC(N)=O)NC(=O)[C@H]([C@H](O)Cc5ccc(O)c(OCCCNC(=O)OC(C)(C)C)c5)NC(=O)[C@@H]5C[C@@H](O)CN5C(=O)[C@H]([C@@H](C)O)NC4=O)cc3)s2)cc1. The van der Waals surface area contributed by atoms with E-state index in [9.17, 15) is 78.9 Å². The molecule has 1 aromatic heterocycles. The van der Waals surface area contributed by atoms with Gasteiger partial charge in [0.2, 0.25) is 41.4 Å². The van der Waals surface area contributed by atoms with Crippen molar-refractivity contribution in [3.05, 3.63) is 84.1 Å². The molecule has 3 saturated heterocycles. The molecule has 13 atom stereocenters. The number of carbonyl (C=O) groups excluding carboxylic acids is 9. The van der Waals surface area contributed by atoms with Crippen molar-refractivity contribution in [2.24, 2.45) is 11.7 Å². The number of amides is 9. The van der Waals surface area contributed by atoms with Gasteiger partial charge in [0, 0.05) is 68.7 Å². The Morgan fingerprint density at radius 2 is 1.43 bits per heavy atom. The number of nitrogens with zero attached hydrogens (tertiary/aromatic N) is 3. The lowest BCUT2D eigenvalue weighted by Gasteiger charge is -2.33. The topological polar surface area (TPSA) is 440 Å². The molecule has 512 valence electrons. The third-order valence-corrected chi connectivity index (χ3v) is 17.0. The second kappa shape index (κ2) is 33.0. The molecule has 4 heterocycles. The molecule has 4 aromatic rings. The van der Waals surface area contributed by atoms with Crippen LogP contribution in [0.2, 0.25) is 0 Å². The van der Waals surface area contributed by atoms with E-state index in [2.05, 4.69) is 43.8 Å². The number of hydrogen-bond acceptors (Lipinski definition) is 21. The maximum Gasteiger partial charge on any atom is 0.407 e. The molecule has 29 nitrogen and oxygen atoms in total. The Morgan fingerprint density at radius 1 is 0.766 bits per heavy atom.